The second kappa shape index (κ2) is 5.50. The molecule has 1 heterocycles. The van der Waals surface area contributed by atoms with Gasteiger partial charge in [0.25, 0.3) is 0 Å². The minimum Gasteiger partial charge on any atom is -0.504 e. The zero-order valence-corrected chi connectivity index (χ0v) is 10.7. The molecule has 0 saturated heterocycles. The Bertz CT molecular complexity index is 561. The highest BCUT2D eigenvalue weighted by Crippen LogP contribution is 2.24. The average molecular weight is 309 g/mol. The Morgan fingerprint density at radius 2 is 2.06 bits per heavy atom. The summed E-state index contributed by atoms with van der Waals surface area (Å²) in [6, 6.07) is 10.0. The lowest BCUT2D eigenvalue weighted by atomic mass is 10.3. The number of para-hydroxylation sites is 1. The summed E-state index contributed by atoms with van der Waals surface area (Å²) >= 11 is 3.15. The second-order valence-electron chi connectivity index (χ2n) is 3.35. The molecule has 0 bridgehead atoms. The van der Waals surface area contributed by atoms with Crippen molar-refractivity contribution in [2.75, 3.05) is 5.32 Å². The molecule has 0 atom stereocenters. The van der Waals surface area contributed by atoms with Crippen molar-refractivity contribution in [2.24, 2.45) is 0 Å². The first-order chi connectivity index (χ1) is 8.65. The molecular formula is C12H9BrN2O3. The van der Waals surface area contributed by atoms with Gasteiger partial charge in [0.05, 0.1) is 0 Å². The summed E-state index contributed by atoms with van der Waals surface area (Å²) in [5.41, 5.74) is 0. The number of nitrogens with zero attached hydrogens (tertiary/aromatic N) is 1. The smallest absolute Gasteiger partial charge is 0.418 e. The molecule has 2 N–H and O–H groups in total. The fourth-order valence-corrected chi connectivity index (χ4v) is 1.56. The number of carbonyl (C=O) groups is 1. The molecule has 1 aromatic heterocycles. The predicted molar refractivity (Wildman–Crippen MR) is 69.7 cm³/mol. The molecule has 0 unspecified atom stereocenters. The van der Waals surface area contributed by atoms with Gasteiger partial charge in [-0.1, -0.05) is 18.2 Å². The SMILES string of the molecule is O=C(Nc1ncc(Br)cc1O)Oc1ccccc1. The van der Waals surface area contributed by atoms with E-state index in [0.29, 0.717) is 10.2 Å². The van der Waals surface area contributed by atoms with Gasteiger partial charge in [0.2, 0.25) is 0 Å². The van der Waals surface area contributed by atoms with E-state index in [1.54, 1.807) is 24.3 Å². The Balaban J connectivity index is 2.03. The van der Waals surface area contributed by atoms with Gasteiger partial charge in [-0.15, -0.1) is 0 Å². The molecule has 0 aliphatic heterocycles. The number of aromatic hydroxyl groups is 1. The zero-order chi connectivity index (χ0) is 13.0. The fraction of sp³-hybridized carbons (Fsp3) is 0. The van der Waals surface area contributed by atoms with Crippen LogP contribution in [0.2, 0.25) is 0 Å². The van der Waals surface area contributed by atoms with Gasteiger partial charge in [-0.2, -0.15) is 0 Å². The van der Waals surface area contributed by atoms with Crippen LogP contribution in [-0.4, -0.2) is 16.2 Å². The van der Waals surface area contributed by atoms with Gasteiger partial charge in [-0.3, -0.25) is 5.32 Å². The maximum absolute atomic E-state index is 11.5. The first kappa shape index (κ1) is 12.4. The lowest BCUT2D eigenvalue weighted by Crippen LogP contribution is -2.17. The van der Waals surface area contributed by atoms with Gasteiger partial charge in [0, 0.05) is 10.7 Å². The molecule has 2 aromatic rings. The van der Waals surface area contributed by atoms with E-state index in [2.05, 4.69) is 26.2 Å². The number of benzene rings is 1. The van der Waals surface area contributed by atoms with E-state index in [-0.39, 0.29) is 11.6 Å². The maximum atomic E-state index is 11.5. The molecule has 1 aromatic carbocycles. The summed E-state index contributed by atoms with van der Waals surface area (Å²) in [5, 5.41) is 11.9. The first-order valence-electron chi connectivity index (χ1n) is 5.03. The molecule has 6 heteroatoms. The molecule has 0 spiro atoms. The van der Waals surface area contributed by atoms with E-state index in [9.17, 15) is 9.90 Å². The molecule has 0 aliphatic rings. The third-order valence-corrected chi connectivity index (χ3v) is 2.44. The topological polar surface area (TPSA) is 71.5 Å². The minimum atomic E-state index is -0.716. The highest BCUT2D eigenvalue weighted by atomic mass is 79.9. The molecule has 0 radical (unpaired) electrons. The third kappa shape index (κ3) is 3.21. The fourth-order valence-electron chi connectivity index (χ4n) is 1.24. The Hall–Kier alpha value is -2.08. The van der Waals surface area contributed by atoms with Gasteiger partial charge in [-0.25, -0.2) is 9.78 Å². The van der Waals surface area contributed by atoms with E-state index in [0.717, 1.165) is 0 Å². The summed E-state index contributed by atoms with van der Waals surface area (Å²) in [6.45, 7) is 0. The van der Waals surface area contributed by atoms with Gasteiger partial charge >= 0.3 is 6.09 Å². The number of pyridine rings is 1. The van der Waals surface area contributed by atoms with Crippen LogP contribution in [0, 0.1) is 0 Å². The van der Waals surface area contributed by atoms with Gasteiger partial charge in [-0.05, 0) is 34.1 Å². The van der Waals surface area contributed by atoms with Crippen LogP contribution in [0.15, 0.2) is 47.1 Å². The Morgan fingerprint density at radius 1 is 1.33 bits per heavy atom. The summed E-state index contributed by atoms with van der Waals surface area (Å²) in [6.07, 6.45) is 0.740. The van der Waals surface area contributed by atoms with Crippen LogP contribution in [0.4, 0.5) is 10.6 Å². The van der Waals surface area contributed by atoms with Crippen LogP contribution < -0.4 is 10.1 Å². The molecule has 1 amide bonds. The number of aromatic nitrogens is 1. The summed E-state index contributed by atoms with van der Waals surface area (Å²) < 4.78 is 5.60. The Kier molecular flexibility index (Phi) is 3.78. The van der Waals surface area contributed by atoms with Crippen molar-refractivity contribution in [3.63, 3.8) is 0 Å². The highest BCUT2D eigenvalue weighted by Gasteiger charge is 2.09. The van der Waals surface area contributed by atoms with Crippen molar-refractivity contribution in [2.45, 2.75) is 0 Å². The van der Waals surface area contributed by atoms with Gasteiger partial charge in [0.1, 0.15) is 5.75 Å². The number of ether oxygens (including phenoxy) is 1. The van der Waals surface area contributed by atoms with Crippen LogP contribution in [-0.2, 0) is 0 Å². The zero-order valence-electron chi connectivity index (χ0n) is 9.13. The van der Waals surface area contributed by atoms with E-state index < -0.39 is 6.09 Å². The first-order valence-corrected chi connectivity index (χ1v) is 5.83. The lowest BCUT2D eigenvalue weighted by Gasteiger charge is -2.07. The van der Waals surface area contributed by atoms with E-state index in [1.165, 1.54) is 12.3 Å². The van der Waals surface area contributed by atoms with Crippen molar-refractivity contribution in [1.82, 2.24) is 4.98 Å². The van der Waals surface area contributed by atoms with Crippen LogP contribution in [0.1, 0.15) is 0 Å². The van der Waals surface area contributed by atoms with E-state index in [1.807, 2.05) is 6.07 Å². The quantitative estimate of drug-likeness (QED) is 0.894. The van der Waals surface area contributed by atoms with E-state index in [4.69, 9.17) is 4.74 Å². The Labute approximate surface area is 112 Å². The molecule has 18 heavy (non-hydrogen) atoms. The molecule has 92 valence electrons. The lowest BCUT2D eigenvalue weighted by molar-refractivity contribution is 0.215. The van der Waals surface area contributed by atoms with E-state index >= 15 is 0 Å². The minimum absolute atomic E-state index is 0.0409. The van der Waals surface area contributed by atoms with Crippen molar-refractivity contribution in [3.05, 3.63) is 47.1 Å². The van der Waals surface area contributed by atoms with Crippen molar-refractivity contribution >= 4 is 27.8 Å². The molecular weight excluding hydrogens is 300 g/mol. The molecule has 2 rings (SSSR count). The van der Waals surface area contributed by atoms with Crippen LogP contribution >= 0.6 is 15.9 Å². The Morgan fingerprint density at radius 3 is 2.72 bits per heavy atom. The van der Waals surface area contributed by atoms with Crippen molar-refractivity contribution in [1.29, 1.82) is 0 Å². The van der Waals surface area contributed by atoms with Crippen LogP contribution in [0.3, 0.4) is 0 Å². The number of halogens is 1. The number of nitrogens with one attached hydrogen (secondary N) is 1. The number of hydrogen-bond donors (Lipinski definition) is 2. The number of hydrogen-bond acceptors (Lipinski definition) is 4. The monoisotopic (exact) mass is 308 g/mol. The van der Waals surface area contributed by atoms with Gasteiger partial charge < -0.3 is 9.84 Å². The van der Waals surface area contributed by atoms with Crippen LogP contribution in [0.5, 0.6) is 11.5 Å². The molecule has 5 nitrogen and oxygen atoms in total. The van der Waals surface area contributed by atoms with Crippen molar-refractivity contribution in [3.8, 4) is 11.5 Å². The highest BCUT2D eigenvalue weighted by molar-refractivity contribution is 9.10. The molecule has 0 aliphatic carbocycles. The predicted octanol–water partition coefficient (Wildman–Crippen LogP) is 3.16. The second-order valence-corrected chi connectivity index (χ2v) is 4.26. The average Bonchev–Trinajstić information content (AvgIpc) is 2.34. The number of amides is 1. The maximum Gasteiger partial charge on any atom is 0.418 e. The molecule has 0 saturated carbocycles. The number of rotatable bonds is 2. The van der Waals surface area contributed by atoms with Crippen molar-refractivity contribution < 1.29 is 14.6 Å². The standard InChI is InChI=1S/C12H9BrN2O3/c13-8-6-10(16)11(14-7-8)15-12(17)18-9-4-2-1-3-5-9/h1-7,16H,(H,14,15,17). The number of anilines is 1. The summed E-state index contributed by atoms with van der Waals surface area (Å²) in [4.78, 5) is 15.4. The number of carbonyl (C=O) groups excluding carboxylic acids is 1. The third-order valence-electron chi connectivity index (χ3n) is 2.01. The summed E-state index contributed by atoms with van der Waals surface area (Å²) in [5.74, 6) is 0.306. The van der Waals surface area contributed by atoms with Crippen LogP contribution in [0.25, 0.3) is 0 Å². The molecule has 0 fully saturated rings. The normalized spacial score (nSPS) is 9.83. The van der Waals surface area contributed by atoms with Gasteiger partial charge in [0.15, 0.2) is 11.6 Å². The summed E-state index contributed by atoms with van der Waals surface area (Å²) in [7, 11) is 0. The largest absolute Gasteiger partial charge is 0.504 e.